The average Bonchev–Trinajstić information content (AvgIpc) is 2.85. The Kier molecular flexibility index (Phi) is 2.60. The molecule has 2 heterocycles. The largest absolute Gasteiger partial charge is 0.479 e. The molecule has 0 aromatic carbocycles. The van der Waals surface area contributed by atoms with Gasteiger partial charge >= 0.3 is 5.97 Å². The van der Waals surface area contributed by atoms with Gasteiger partial charge in [0.05, 0.1) is 18.3 Å². The molecule has 1 aromatic rings. The van der Waals surface area contributed by atoms with Crippen molar-refractivity contribution in [2.75, 3.05) is 13.1 Å². The predicted octanol–water partition coefficient (Wildman–Crippen LogP) is 0.0589. The zero-order chi connectivity index (χ0) is 12.6. The van der Waals surface area contributed by atoms with E-state index in [1.165, 1.54) is 22.0 Å². The molecule has 1 amide bonds. The number of hydrogen-bond acceptors (Lipinski definition) is 3. The van der Waals surface area contributed by atoms with E-state index >= 15 is 0 Å². The van der Waals surface area contributed by atoms with Gasteiger partial charge in [-0.25, -0.2) is 9.18 Å². The lowest BCUT2D eigenvalue weighted by molar-refractivity contribution is -0.149. The third-order valence-electron chi connectivity index (χ3n) is 2.84. The molecule has 17 heavy (non-hydrogen) atoms. The number of rotatable bonds is 2. The molecule has 7 heteroatoms. The number of carbonyl (C=O) groups excluding carboxylic acids is 1. The van der Waals surface area contributed by atoms with Gasteiger partial charge in [-0.05, 0) is 0 Å². The summed E-state index contributed by atoms with van der Waals surface area (Å²) in [5.74, 6) is -1.90. The molecule has 0 spiro atoms. The molecule has 1 aliphatic heterocycles. The standard InChI is InChI=1S/C10H12FN3O3/c1-13-5-7(4-12-13)8(15)14-3-2-10(11,6-14)9(16)17/h4-5H,2-3,6H2,1H3,(H,16,17). The molecule has 92 valence electrons. The molecule has 0 bridgehead atoms. The summed E-state index contributed by atoms with van der Waals surface area (Å²) in [5.41, 5.74) is -1.99. The number of aromatic nitrogens is 2. The number of carboxylic acids is 1. The van der Waals surface area contributed by atoms with Crippen molar-refractivity contribution in [1.29, 1.82) is 0 Å². The van der Waals surface area contributed by atoms with Crippen molar-refractivity contribution in [1.82, 2.24) is 14.7 Å². The van der Waals surface area contributed by atoms with E-state index in [-0.39, 0.29) is 18.9 Å². The molecular weight excluding hydrogens is 229 g/mol. The molecule has 0 saturated carbocycles. The van der Waals surface area contributed by atoms with E-state index in [2.05, 4.69) is 5.10 Å². The number of likely N-dealkylation sites (tertiary alicyclic amines) is 1. The summed E-state index contributed by atoms with van der Waals surface area (Å²) < 4.78 is 15.2. The van der Waals surface area contributed by atoms with E-state index in [0.29, 0.717) is 5.56 Å². The first kappa shape index (κ1) is 11.6. The van der Waals surface area contributed by atoms with Crippen LogP contribution in [-0.2, 0) is 11.8 Å². The molecule has 1 saturated heterocycles. The number of aryl methyl sites for hydroxylation is 1. The van der Waals surface area contributed by atoms with Crippen LogP contribution < -0.4 is 0 Å². The monoisotopic (exact) mass is 241 g/mol. The van der Waals surface area contributed by atoms with Gasteiger partial charge in [0.25, 0.3) is 5.91 Å². The van der Waals surface area contributed by atoms with Crippen LogP contribution >= 0.6 is 0 Å². The number of halogens is 1. The second kappa shape index (κ2) is 3.83. The van der Waals surface area contributed by atoms with Gasteiger partial charge in [0, 0.05) is 26.2 Å². The van der Waals surface area contributed by atoms with Crippen LogP contribution in [0.25, 0.3) is 0 Å². The van der Waals surface area contributed by atoms with Gasteiger partial charge in [-0.15, -0.1) is 0 Å². The van der Waals surface area contributed by atoms with Gasteiger partial charge in [-0.2, -0.15) is 5.10 Å². The highest BCUT2D eigenvalue weighted by molar-refractivity contribution is 5.94. The third kappa shape index (κ3) is 2.00. The maximum atomic E-state index is 13.8. The van der Waals surface area contributed by atoms with Crippen molar-refractivity contribution >= 4 is 11.9 Å². The predicted molar refractivity (Wildman–Crippen MR) is 55.2 cm³/mol. The lowest BCUT2D eigenvalue weighted by Crippen LogP contribution is -2.38. The normalized spacial score (nSPS) is 24.0. The number of amides is 1. The maximum absolute atomic E-state index is 13.8. The number of carbonyl (C=O) groups is 2. The van der Waals surface area contributed by atoms with Crippen molar-refractivity contribution in [3.63, 3.8) is 0 Å². The Morgan fingerprint density at radius 3 is 2.76 bits per heavy atom. The van der Waals surface area contributed by atoms with E-state index in [4.69, 9.17) is 5.11 Å². The Balaban J connectivity index is 2.11. The van der Waals surface area contributed by atoms with Crippen LogP contribution in [0.4, 0.5) is 4.39 Å². The van der Waals surface area contributed by atoms with Gasteiger partial charge in [-0.3, -0.25) is 9.48 Å². The van der Waals surface area contributed by atoms with Gasteiger partial charge in [-0.1, -0.05) is 0 Å². The first-order valence-corrected chi connectivity index (χ1v) is 5.12. The summed E-state index contributed by atoms with van der Waals surface area (Å²) >= 11 is 0. The highest BCUT2D eigenvalue weighted by Gasteiger charge is 2.47. The van der Waals surface area contributed by atoms with Crippen molar-refractivity contribution in [2.24, 2.45) is 7.05 Å². The number of alkyl halides is 1. The lowest BCUT2D eigenvalue weighted by Gasteiger charge is -2.16. The first-order valence-electron chi connectivity index (χ1n) is 5.12. The number of aliphatic carboxylic acids is 1. The topological polar surface area (TPSA) is 75.4 Å². The highest BCUT2D eigenvalue weighted by atomic mass is 19.1. The zero-order valence-electron chi connectivity index (χ0n) is 9.26. The lowest BCUT2D eigenvalue weighted by atomic mass is 10.1. The van der Waals surface area contributed by atoms with E-state index in [1.807, 2.05) is 0 Å². The molecule has 0 radical (unpaired) electrons. The van der Waals surface area contributed by atoms with Crippen LogP contribution in [0.15, 0.2) is 12.4 Å². The minimum Gasteiger partial charge on any atom is -0.479 e. The molecule has 1 N–H and O–H groups in total. The third-order valence-corrected chi connectivity index (χ3v) is 2.84. The van der Waals surface area contributed by atoms with Crippen molar-refractivity contribution in [3.05, 3.63) is 18.0 Å². The second-order valence-electron chi connectivity index (χ2n) is 4.15. The van der Waals surface area contributed by atoms with E-state index in [0.717, 1.165) is 0 Å². The Labute approximate surface area is 96.6 Å². The maximum Gasteiger partial charge on any atom is 0.343 e. The number of carboxylic acid groups (broad SMARTS) is 1. The summed E-state index contributed by atoms with van der Waals surface area (Å²) in [6, 6.07) is 0. The molecule has 2 rings (SSSR count). The van der Waals surface area contributed by atoms with E-state index in [9.17, 15) is 14.0 Å². The van der Waals surface area contributed by atoms with Crippen LogP contribution in [-0.4, -0.2) is 50.4 Å². The quantitative estimate of drug-likeness (QED) is 0.794. The number of hydrogen-bond donors (Lipinski definition) is 1. The van der Waals surface area contributed by atoms with E-state index < -0.39 is 18.2 Å². The van der Waals surface area contributed by atoms with Crippen LogP contribution in [0.2, 0.25) is 0 Å². The highest BCUT2D eigenvalue weighted by Crippen LogP contribution is 2.26. The van der Waals surface area contributed by atoms with Gasteiger partial charge < -0.3 is 10.0 Å². The van der Waals surface area contributed by atoms with Crippen LogP contribution in [0.5, 0.6) is 0 Å². The van der Waals surface area contributed by atoms with Gasteiger partial charge in [0.1, 0.15) is 0 Å². The first-order chi connectivity index (χ1) is 7.92. The zero-order valence-corrected chi connectivity index (χ0v) is 9.26. The Bertz CT molecular complexity index is 473. The molecule has 1 unspecified atom stereocenters. The molecule has 1 aliphatic rings. The summed E-state index contributed by atoms with van der Waals surface area (Å²) in [6.07, 6.45) is 2.72. The Hall–Kier alpha value is -1.92. The minimum atomic E-state index is -2.32. The molecular formula is C10H12FN3O3. The fourth-order valence-electron chi connectivity index (χ4n) is 1.83. The van der Waals surface area contributed by atoms with Crippen LogP contribution in [0.3, 0.4) is 0 Å². The summed E-state index contributed by atoms with van der Waals surface area (Å²) in [4.78, 5) is 23.8. The fourth-order valence-corrected chi connectivity index (χ4v) is 1.83. The fraction of sp³-hybridized carbons (Fsp3) is 0.500. The van der Waals surface area contributed by atoms with Crippen LogP contribution in [0, 0.1) is 0 Å². The van der Waals surface area contributed by atoms with E-state index in [1.54, 1.807) is 7.05 Å². The van der Waals surface area contributed by atoms with Gasteiger partial charge in [0.2, 0.25) is 5.67 Å². The van der Waals surface area contributed by atoms with Crippen molar-refractivity contribution in [3.8, 4) is 0 Å². The Morgan fingerprint density at radius 2 is 2.29 bits per heavy atom. The van der Waals surface area contributed by atoms with Gasteiger partial charge in [0.15, 0.2) is 0 Å². The molecule has 1 atom stereocenters. The van der Waals surface area contributed by atoms with Crippen LogP contribution in [0.1, 0.15) is 16.8 Å². The van der Waals surface area contributed by atoms with Crippen molar-refractivity contribution < 1.29 is 19.1 Å². The molecule has 6 nitrogen and oxygen atoms in total. The second-order valence-corrected chi connectivity index (χ2v) is 4.15. The Morgan fingerprint density at radius 1 is 1.59 bits per heavy atom. The molecule has 1 aromatic heterocycles. The minimum absolute atomic E-state index is 0.108. The SMILES string of the molecule is Cn1cc(C(=O)N2CCC(F)(C(=O)O)C2)cn1. The molecule has 0 aliphatic carbocycles. The molecule has 1 fully saturated rings. The number of nitrogens with zero attached hydrogens (tertiary/aromatic N) is 3. The summed E-state index contributed by atoms with van der Waals surface area (Å²) in [6.45, 7) is -0.299. The smallest absolute Gasteiger partial charge is 0.343 e. The van der Waals surface area contributed by atoms with Crippen molar-refractivity contribution in [2.45, 2.75) is 12.1 Å². The average molecular weight is 241 g/mol. The summed E-state index contributed by atoms with van der Waals surface area (Å²) in [5, 5.41) is 12.6. The summed E-state index contributed by atoms with van der Waals surface area (Å²) in [7, 11) is 1.66.